The average molecular weight is 270 g/mol. The molecule has 3 N–H and O–H groups in total. The summed E-state index contributed by atoms with van der Waals surface area (Å²) in [5, 5.41) is 5.30. The van der Waals surface area contributed by atoms with Gasteiger partial charge in [-0.25, -0.2) is 0 Å². The highest BCUT2D eigenvalue weighted by Crippen LogP contribution is 2.18. The van der Waals surface area contributed by atoms with Crippen molar-refractivity contribution in [2.45, 2.75) is 32.9 Å². The van der Waals surface area contributed by atoms with Gasteiger partial charge in [0.25, 0.3) is 0 Å². The predicted octanol–water partition coefficient (Wildman–Crippen LogP) is 2.83. The lowest BCUT2D eigenvalue weighted by atomic mass is 9.99. The van der Waals surface area contributed by atoms with Gasteiger partial charge in [0.15, 0.2) is 0 Å². The Labute approximate surface area is 120 Å². The molecule has 2 rings (SSSR count). The topological polar surface area (TPSA) is 55.1 Å². The Morgan fingerprint density at radius 1 is 1.20 bits per heavy atom. The molecule has 0 aliphatic heterocycles. The summed E-state index contributed by atoms with van der Waals surface area (Å²) in [5.41, 5.74) is 7.05. The van der Waals surface area contributed by atoms with Gasteiger partial charge in [-0.1, -0.05) is 62.7 Å². The van der Waals surface area contributed by atoms with Crippen LogP contribution >= 0.6 is 0 Å². The summed E-state index contributed by atoms with van der Waals surface area (Å²) in [7, 11) is 0. The van der Waals surface area contributed by atoms with Crippen LogP contribution in [0.15, 0.2) is 42.5 Å². The van der Waals surface area contributed by atoms with Crippen molar-refractivity contribution in [3.63, 3.8) is 0 Å². The molecule has 2 aromatic rings. The van der Waals surface area contributed by atoms with Crippen molar-refractivity contribution in [1.29, 1.82) is 0 Å². The average Bonchev–Trinajstić information content (AvgIpc) is 2.50. The summed E-state index contributed by atoms with van der Waals surface area (Å²) < 4.78 is 0. The standard InChI is InChI=1S/C17H22N2O/c1-3-12(2)16(18)17(20)19-11-14-9-6-8-13-7-4-5-10-15(13)14/h4-10,12,16H,3,11,18H2,1-2H3,(H,19,20)/t12-,16-/m0/s1. The minimum absolute atomic E-state index is 0.0766. The second-order valence-electron chi connectivity index (χ2n) is 5.27. The van der Waals surface area contributed by atoms with Crippen LogP contribution in [0.5, 0.6) is 0 Å². The smallest absolute Gasteiger partial charge is 0.237 e. The maximum Gasteiger partial charge on any atom is 0.237 e. The zero-order chi connectivity index (χ0) is 14.5. The number of carbonyl (C=O) groups is 1. The molecule has 0 spiro atoms. The monoisotopic (exact) mass is 270 g/mol. The van der Waals surface area contributed by atoms with Gasteiger partial charge in [0.2, 0.25) is 5.91 Å². The van der Waals surface area contributed by atoms with Crippen molar-refractivity contribution in [3.05, 3.63) is 48.0 Å². The number of carbonyl (C=O) groups excluding carboxylic acids is 1. The third-order valence-corrected chi connectivity index (χ3v) is 3.89. The van der Waals surface area contributed by atoms with Crippen LogP contribution in [-0.2, 0) is 11.3 Å². The fourth-order valence-corrected chi connectivity index (χ4v) is 2.26. The normalized spacial score (nSPS) is 13.9. The van der Waals surface area contributed by atoms with Crippen LogP contribution in [0.25, 0.3) is 10.8 Å². The first-order chi connectivity index (χ1) is 9.63. The van der Waals surface area contributed by atoms with Crippen LogP contribution in [0, 0.1) is 5.92 Å². The van der Waals surface area contributed by atoms with Crippen molar-refractivity contribution in [1.82, 2.24) is 5.32 Å². The second-order valence-corrected chi connectivity index (χ2v) is 5.27. The number of nitrogens with one attached hydrogen (secondary N) is 1. The molecule has 3 nitrogen and oxygen atoms in total. The highest BCUT2D eigenvalue weighted by atomic mass is 16.2. The third-order valence-electron chi connectivity index (χ3n) is 3.89. The Morgan fingerprint density at radius 3 is 2.65 bits per heavy atom. The fourth-order valence-electron chi connectivity index (χ4n) is 2.26. The van der Waals surface area contributed by atoms with Crippen LogP contribution in [0.4, 0.5) is 0 Å². The van der Waals surface area contributed by atoms with Crippen molar-refractivity contribution in [3.8, 4) is 0 Å². The first kappa shape index (κ1) is 14.5. The molecule has 106 valence electrons. The molecule has 2 atom stereocenters. The summed E-state index contributed by atoms with van der Waals surface area (Å²) in [5.74, 6) is 0.120. The molecule has 0 aromatic heterocycles. The van der Waals surface area contributed by atoms with Crippen molar-refractivity contribution < 1.29 is 4.79 Å². The number of rotatable bonds is 5. The van der Waals surface area contributed by atoms with Crippen molar-refractivity contribution in [2.75, 3.05) is 0 Å². The van der Waals surface area contributed by atoms with Gasteiger partial charge in [-0.05, 0) is 22.3 Å². The minimum atomic E-state index is -0.435. The van der Waals surface area contributed by atoms with E-state index in [1.165, 1.54) is 10.8 Å². The first-order valence-electron chi connectivity index (χ1n) is 7.13. The molecule has 1 amide bonds. The first-order valence-corrected chi connectivity index (χ1v) is 7.13. The number of nitrogens with two attached hydrogens (primary N) is 1. The lowest BCUT2D eigenvalue weighted by molar-refractivity contribution is -0.123. The van der Waals surface area contributed by atoms with Crippen LogP contribution in [0.3, 0.4) is 0 Å². The Morgan fingerprint density at radius 2 is 1.90 bits per heavy atom. The van der Waals surface area contributed by atoms with E-state index in [0.717, 1.165) is 12.0 Å². The van der Waals surface area contributed by atoms with E-state index in [4.69, 9.17) is 5.73 Å². The van der Waals surface area contributed by atoms with E-state index in [9.17, 15) is 4.79 Å². The van der Waals surface area contributed by atoms with E-state index in [-0.39, 0.29) is 11.8 Å². The molecule has 20 heavy (non-hydrogen) atoms. The van der Waals surface area contributed by atoms with E-state index >= 15 is 0 Å². The van der Waals surface area contributed by atoms with E-state index < -0.39 is 6.04 Å². The Balaban J connectivity index is 2.08. The summed E-state index contributed by atoms with van der Waals surface area (Å²) in [6.45, 7) is 4.56. The quantitative estimate of drug-likeness (QED) is 0.877. The zero-order valence-electron chi connectivity index (χ0n) is 12.1. The van der Waals surface area contributed by atoms with E-state index in [2.05, 4.69) is 23.5 Å². The van der Waals surface area contributed by atoms with Gasteiger partial charge in [-0.2, -0.15) is 0 Å². The molecule has 0 heterocycles. The lowest BCUT2D eigenvalue weighted by Crippen LogP contribution is -2.44. The number of amides is 1. The summed E-state index contributed by atoms with van der Waals surface area (Å²) in [6, 6.07) is 13.9. The maximum absolute atomic E-state index is 12.0. The molecule has 2 aromatic carbocycles. The Kier molecular flexibility index (Phi) is 4.74. The molecule has 3 heteroatoms. The fraction of sp³-hybridized carbons (Fsp3) is 0.353. The number of fused-ring (bicyclic) bond motifs is 1. The molecule has 0 aliphatic carbocycles. The zero-order valence-corrected chi connectivity index (χ0v) is 12.1. The molecule has 0 radical (unpaired) electrons. The van der Waals surface area contributed by atoms with E-state index in [1.54, 1.807) is 0 Å². The molecular weight excluding hydrogens is 248 g/mol. The molecule has 0 unspecified atom stereocenters. The van der Waals surface area contributed by atoms with Crippen molar-refractivity contribution in [2.24, 2.45) is 11.7 Å². The molecule has 0 aliphatic rings. The van der Waals surface area contributed by atoms with E-state index in [1.807, 2.05) is 38.1 Å². The van der Waals surface area contributed by atoms with Gasteiger partial charge in [0.1, 0.15) is 0 Å². The molecular formula is C17H22N2O. The maximum atomic E-state index is 12.0. The van der Waals surface area contributed by atoms with Gasteiger partial charge in [-0.3, -0.25) is 4.79 Å². The summed E-state index contributed by atoms with van der Waals surface area (Å²) in [4.78, 5) is 12.0. The Bertz CT molecular complexity index is 589. The molecule has 0 saturated carbocycles. The number of benzene rings is 2. The van der Waals surface area contributed by atoms with Crippen LogP contribution < -0.4 is 11.1 Å². The van der Waals surface area contributed by atoms with Crippen LogP contribution in [0.1, 0.15) is 25.8 Å². The van der Waals surface area contributed by atoms with Crippen LogP contribution in [0.2, 0.25) is 0 Å². The van der Waals surface area contributed by atoms with Crippen LogP contribution in [-0.4, -0.2) is 11.9 Å². The van der Waals surface area contributed by atoms with Gasteiger partial charge in [-0.15, -0.1) is 0 Å². The highest BCUT2D eigenvalue weighted by molar-refractivity contribution is 5.86. The molecule has 0 bridgehead atoms. The van der Waals surface area contributed by atoms with Gasteiger partial charge >= 0.3 is 0 Å². The van der Waals surface area contributed by atoms with Gasteiger partial charge in [0, 0.05) is 6.54 Å². The second kappa shape index (κ2) is 6.53. The molecule has 0 fully saturated rings. The van der Waals surface area contributed by atoms with E-state index in [0.29, 0.717) is 6.54 Å². The van der Waals surface area contributed by atoms with Crippen molar-refractivity contribution >= 4 is 16.7 Å². The largest absolute Gasteiger partial charge is 0.351 e. The Hall–Kier alpha value is -1.87. The molecule has 0 saturated heterocycles. The summed E-state index contributed by atoms with van der Waals surface area (Å²) in [6.07, 6.45) is 0.906. The lowest BCUT2D eigenvalue weighted by Gasteiger charge is -2.18. The number of hydrogen-bond acceptors (Lipinski definition) is 2. The summed E-state index contributed by atoms with van der Waals surface area (Å²) >= 11 is 0. The SMILES string of the molecule is CC[C@H](C)[C@H](N)C(=O)NCc1cccc2ccccc12. The third kappa shape index (κ3) is 3.17. The number of hydrogen-bond donors (Lipinski definition) is 2. The van der Waals surface area contributed by atoms with Gasteiger partial charge in [0.05, 0.1) is 6.04 Å². The predicted molar refractivity (Wildman–Crippen MR) is 83.2 cm³/mol. The highest BCUT2D eigenvalue weighted by Gasteiger charge is 2.18. The minimum Gasteiger partial charge on any atom is -0.351 e. The van der Waals surface area contributed by atoms with Gasteiger partial charge < -0.3 is 11.1 Å².